The van der Waals surface area contributed by atoms with E-state index in [0.29, 0.717) is 11.8 Å². The molecule has 4 nitrogen and oxygen atoms in total. The van der Waals surface area contributed by atoms with Gasteiger partial charge in [0.15, 0.2) is 0 Å². The minimum Gasteiger partial charge on any atom is -0.468 e. The van der Waals surface area contributed by atoms with Crippen molar-refractivity contribution in [3.05, 3.63) is 24.2 Å². The Kier molecular flexibility index (Phi) is 3.87. The van der Waals surface area contributed by atoms with Crippen molar-refractivity contribution >= 4 is 5.91 Å². The first-order valence-corrected chi connectivity index (χ1v) is 7.33. The number of amides is 1. The molecular formula is C15H22N2O2. The molecule has 19 heavy (non-hydrogen) atoms. The van der Waals surface area contributed by atoms with E-state index in [-0.39, 0.29) is 5.91 Å². The first-order chi connectivity index (χ1) is 9.31. The van der Waals surface area contributed by atoms with Crippen LogP contribution in [0.5, 0.6) is 0 Å². The summed E-state index contributed by atoms with van der Waals surface area (Å²) in [5.74, 6) is 2.30. The maximum absolute atomic E-state index is 11.6. The van der Waals surface area contributed by atoms with E-state index in [9.17, 15) is 4.79 Å². The molecule has 1 aromatic heterocycles. The third-order valence-corrected chi connectivity index (χ3v) is 4.18. The summed E-state index contributed by atoms with van der Waals surface area (Å²) in [6.07, 6.45) is 6.26. The molecule has 4 heteroatoms. The molecule has 0 radical (unpaired) electrons. The number of likely N-dealkylation sites (tertiary alicyclic amines) is 1. The lowest BCUT2D eigenvalue weighted by molar-refractivity contribution is -0.122. The predicted molar refractivity (Wildman–Crippen MR) is 72.4 cm³/mol. The molecule has 0 spiro atoms. The Labute approximate surface area is 114 Å². The highest BCUT2D eigenvalue weighted by molar-refractivity contribution is 5.80. The average Bonchev–Trinajstić information content (AvgIpc) is 3.17. The van der Waals surface area contributed by atoms with Gasteiger partial charge in [0.25, 0.3) is 0 Å². The van der Waals surface area contributed by atoms with Gasteiger partial charge >= 0.3 is 0 Å². The summed E-state index contributed by atoms with van der Waals surface area (Å²) in [6.45, 7) is 3.98. The number of carbonyl (C=O) groups excluding carboxylic acids is 1. The number of nitrogens with one attached hydrogen (secondary N) is 1. The number of nitrogens with zero attached hydrogens (tertiary/aromatic N) is 1. The number of rotatable bonds is 5. The SMILES string of the molecule is O=C(NCC1CCN(Cc2ccco2)CC1)C1CC1. The van der Waals surface area contributed by atoms with Crippen LogP contribution in [0.2, 0.25) is 0 Å². The third-order valence-electron chi connectivity index (χ3n) is 4.18. The molecular weight excluding hydrogens is 240 g/mol. The maximum atomic E-state index is 11.6. The van der Waals surface area contributed by atoms with Gasteiger partial charge in [0.05, 0.1) is 12.8 Å². The molecule has 0 unspecified atom stereocenters. The molecule has 0 aromatic carbocycles. The Morgan fingerprint density at radius 3 is 2.74 bits per heavy atom. The zero-order chi connectivity index (χ0) is 13.1. The fourth-order valence-electron chi connectivity index (χ4n) is 2.71. The summed E-state index contributed by atoms with van der Waals surface area (Å²) in [4.78, 5) is 14.0. The van der Waals surface area contributed by atoms with Crippen molar-refractivity contribution in [3.63, 3.8) is 0 Å². The summed E-state index contributed by atoms with van der Waals surface area (Å²) in [5.41, 5.74) is 0. The van der Waals surface area contributed by atoms with E-state index >= 15 is 0 Å². The van der Waals surface area contributed by atoms with Crippen LogP contribution in [0.15, 0.2) is 22.8 Å². The molecule has 1 saturated carbocycles. The van der Waals surface area contributed by atoms with E-state index in [1.165, 1.54) is 12.8 Å². The van der Waals surface area contributed by atoms with E-state index in [1.54, 1.807) is 6.26 Å². The van der Waals surface area contributed by atoms with Gasteiger partial charge in [-0.25, -0.2) is 0 Å². The smallest absolute Gasteiger partial charge is 0.223 e. The summed E-state index contributed by atoms with van der Waals surface area (Å²) >= 11 is 0. The van der Waals surface area contributed by atoms with Gasteiger partial charge in [-0.3, -0.25) is 9.69 Å². The minimum absolute atomic E-state index is 0.276. The topological polar surface area (TPSA) is 45.5 Å². The summed E-state index contributed by atoms with van der Waals surface area (Å²) < 4.78 is 5.38. The van der Waals surface area contributed by atoms with Gasteiger partial charge < -0.3 is 9.73 Å². The lowest BCUT2D eigenvalue weighted by Crippen LogP contribution is -2.38. The van der Waals surface area contributed by atoms with E-state index in [4.69, 9.17) is 4.42 Å². The van der Waals surface area contributed by atoms with Crippen LogP contribution >= 0.6 is 0 Å². The zero-order valence-corrected chi connectivity index (χ0v) is 11.3. The second-order valence-electron chi connectivity index (χ2n) is 5.82. The lowest BCUT2D eigenvalue weighted by atomic mass is 9.96. The Balaban J connectivity index is 1.35. The lowest BCUT2D eigenvalue weighted by Gasteiger charge is -2.31. The number of piperidine rings is 1. The van der Waals surface area contributed by atoms with Crippen LogP contribution in [0.3, 0.4) is 0 Å². The van der Waals surface area contributed by atoms with Crippen LogP contribution in [-0.4, -0.2) is 30.4 Å². The van der Waals surface area contributed by atoms with Gasteiger partial charge in [0.2, 0.25) is 5.91 Å². The van der Waals surface area contributed by atoms with Crippen molar-refractivity contribution in [2.45, 2.75) is 32.2 Å². The molecule has 2 aliphatic rings. The fraction of sp³-hybridized carbons (Fsp3) is 0.667. The molecule has 2 heterocycles. The van der Waals surface area contributed by atoms with E-state index < -0.39 is 0 Å². The molecule has 1 aromatic rings. The minimum atomic E-state index is 0.276. The van der Waals surface area contributed by atoms with Crippen molar-refractivity contribution in [1.82, 2.24) is 10.2 Å². The van der Waals surface area contributed by atoms with Crippen molar-refractivity contribution in [3.8, 4) is 0 Å². The van der Waals surface area contributed by atoms with Crippen LogP contribution in [0.4, 0.5) is 0 Å². The van der Waals surface area contributed by atoms with Gasteiger partial charge in [-0.2, -0.15) is 0 Å². The number of hydrogen-bond acceptors (Lipinski definition) is 3. The van der Waals surface area contributed by atoms with E-state index in [2.05, 4.69) is 10.2 Å². The van der Waals surface area contributed by atoms with Crippen LogP contribution in [0, 0.1) is 11.8 Å². The Bertz CT molecular complexity index is 404. The molecule has 104 valence electrons. The fourth-order valence-corrected chi connectivity index (χ4v) is 2.71. The van der Waals surface area contributed by atoms with Crippen molar-refractivity contribution < 1.29 is 9.21 Å². The largest absolute Gasteiger partial charge is 0.468 e. The average molecular weight is 262 g/mol. The standard InChI is InChI=1S/C15H22N2O2/c18-15(13-3-4-13)16-10-12-5-7-17(8-6-12)11-14-2-1-9-19-14/h1-2,9,12-13H,3-8,10-11H2,(H,16,18). The number of hydrogen-bond donors (Lipinski definition) is 1. The summed E-state index contributed by atoms with van der Waals surface area (Å²) in [7, 11) is 0. The highest BCUT2D eigenvalue weighted by Crippen LogP contribution is 2.29. The quantitative estimate of drug-likeness (QED) is 0.883. The molecule has 1 N–H and O–H groups in total. The van der Waals surface area contributed by atoms with Gasteiger partial charge in [0.1, 0.15) is 5.76 Å². The van der Waals surface area contributed by atoms with Gasteiger partial charge in [-0.15, -0.1) is 0 Å². The van der Waals surface area contributed by atoms with Gasteiger partial charge in [0, 0.05) is 12.5 Å². The molecule has 1 saturated heterocycles. The molecule has 3 rings (SSSR count). The predicted octanol–water partition coefficient (Wildman–Crippen LogP) is 2.02. The second-order valence-corrected chi connectivity index (χ2v) is 5.82. The normalized spacial score (nSPS) is 21.5. The Morgan fingerprint density at radius 1 is 1.32 bits per heavy atom. The highest BCUT2D eigenvalue weighted by atomic mass is 16.3. The summed E-state index contributed by atoms with van der Waals surface area (Å²) in [6, 6.07) is 3.97. The first kappa shape index (κ1) is 12.7. The van der Waals surface area contributed by atoms with Gasteiger partial charge in [-0.05, 0) is 56.8 Å². The van der Waals surface area contributed by atoms with Crippen molar-refractivity contribution in [2.24, 2.45) is 11.8 Å². The van der Waals surface area contributed by atoms with Crippen LogP contribution < -0.4 is 5.32 Å². The van der Waals surface area contributed by atoms with Crippen molar-refractivity contribution in [1.29, 1.82) is 0 Å². The van der Waals surface area contributed by atoms with E-state index in [1.807, 2.05) is 12.1 Å². The third kappa shape index (κ3) is 3.60. The molecule has 1 aliphatic carbocycles. The number of furan rings is 1. The first-order valence-electron chi connectivity index (χ1n) is 7.33. The molecule has 0 bridgehead atoms. The van der Waals surface area contributed by atoms with Crippen LogP contribution in [0.25, 0.3) is 0 Å². The molecule has 1 amide bonds. The van der Waals surface area contributed by atoms with E-state index in [0.717, 1.165) is 44.8 Å². The number of carbonyl (C=O) groups is 1. The monoisotopic (exact) mass is 262 g/mol. The maximum Gasteiger partial charge on any atom is 0.223 e. The zero-order valence-electron chi connectivity index (χ0n) is 11.3. The molecule has 1 aliphatic heterocycles. The Hall–Kier alpha value is -1.29. The summed E-state index contributed by atoms with van der Waals surface area (Å²) in [5, 5.41) is 3.10. The van der Waals surface area contributed by atoms with Crippen LogP contribution in [0.1, 0.15) is 31.4 Å². The molecule has 2 fully saturated rings. The van der Waals surface area contributed by atoms with Crippen LogP contribution in [-0.2, 0) is 11.3 Å². The highest BCUT2D eigenvalue weighted by Gasteiger charge is 2.30. The molecule has 0 atom stereocenters. The van der Waals surface area contributed by atoms with Gasteiger partial charge in [-0.1, -0.05) is 0 Å². The Morgan fingerprint density at radius 2 is 2.11 bits per heavy atom. The second kappa shape index (κ2) is 5.78. The van der Waals surface area contributed by atoms with Crippen molar-refractivity contribution in [2.75, 3.05) is 19.6 Å².